The average Bonchev–Trinajstić information content (AvgIpc) is 3.25. The number of pyridine rings is 1. The molecule has 1 atom stereocenters. The van der Waals surface area contributed by atoms with Crippen LogP contribution in [0.5, 0.6) is 5.88 Å². The number of aromatic nitrogens is 3. The van der Waals surface area contributed by atoms with Crippen molar-refractivity contribution in [3.8, 4) is 5.88 Å². The smallest absolute Gasteiger partial charge is 0.337 e. The molecule has 2 aromatic carbocycles. The Morgan fingerprint density at radius 2 is 2.08 bits per heavy atom. The summed E-state index contributed by atoms with van der Waals surface area (Å²) in [5.41, 5.74) is 4.67. The summed E-state index contributed by atoms with van der Waals surface area (Å²) < 4.78 is 33.7. The fourth-order valence-corrected chi connectivity index (χ4v) is 5.70. The van der Waals surface area contributed by atoms with E-state index in [4.69, 9.17) is 35.8 Å². The largest absolute Gasteiger partial charge is 0.472 e. The molecule has 4 aromatic rings. The maximum atomic E-state index is 14.2. The summed E-state index contributed by atoms with van der Waals surface area (Å²) in [6.45, 7) is 3.54. The van der Waals surface area contributed by atoms with Gasteiger partial charge in [0.2, 0.25) is 5.88 Å². The van der Waals surface area contributed by atoms with E-state index in [0.29, 0.717) is 41.7 Å². The molecule has 0 aliphatic carbocycles. The molecule has 0 saturated carbocycles. The number of methoxy groups -OCH3 is 1. The Balaban J connectivity index is 1.22. The Hall–Kier alpha value is -3.05. The minimum atomic E-state index is -0.415. The highest BCUT2D eigenvalue weighted by Crippen LogP contribution is 2.31. The quantitative estimate of drug-likeness (QED) is 0.232. The molecule has 1 fully saturated rings. The van der Waals surface area contributed by atoms with Gasteiger partial charge in [0.05, 0.1) is 53.1 Å². The number of halogens is 3. The van der Waals surface area contributed by atoms with Gasteiger partial charge in [0, 0.05) is 30.3 Å². The zero-order chi connectivity index (χ0) is 27.8. The van der Waals surface area contributed by atoms with Crippen LogP contribution in [0.4, 0.5) is 4.39 Å². The standard InChI is InChI=1S/C29H27BrClFN4O4/c1-38-29(37)18-3-5-24-26(11-18)36(13-21-7-9-39-21)27(33-24)15-35-8-6-17-10-22(30)28(34-25(17)14-35)40-16-19-2-4-20(31)12-23(19)32/h2-5,10-12,21H,6-9,13-16H2,1H3/t21-/m0/s1. The number of imidazole rings is 1. The van der Waals surface area contributed by atoms with Gasteiger partial charge in [-0.25, -0.2) is 19.2 Å². The lowest BCUT2D eigenvalue weighted by Gasteiger charge is -2.30. The maximum Gasteiger partial charge on any atom is 0.337 e. The Kier molecular flexibility index (Phi) is 7.76. The molecule has 2 aliphatic rings. The second-order valence-corrected chi connectivity index (χ2v) is 11.3. The van der Waals surface area contributed by atoms with Gasteiger partial charge in [0.25, 0.3) is 0 Å². The maximum absolute atomic E-state index is 14.2. The fraction of sp³-hybridized carbons (Fsp3) is 0.345. The Morgan fingerprint density at radius 1 is 1.23 bits per heavy atom. The molecular formula is C29H27BrClFN4O4. The molecule has 8 nitrogen and oxygen atoms in total. The van der Waals surface area contributed by atoms with E-state index in [1.54, 1.807) is 18.2 Å². The summed E-state index contributed by atoms with van der Waals surface area (Å²) in [6, 6.07) is 12.0. The SMILES string of the molecule is COC(=O)c1ccc2nc(CN3CCc4cc(Br)c(OCc5ccc(Cl)cc5F)nc4C3)n(C[C@@H]3CCO3)c2c1. The van der Waals surface area contributed by atoms with Gasteiger partial charge < -0.3 is 18.8 Å². The number of rotatable bonds is 8. The number of hydrogen-bond donors (Lipinski definition) is 0. The molecule has 40 heavy (non-hydrogen) atoms. The Morgan fingerprint density at radius 3 is 2.83 bits per heavy atom. The molecule has 208 valence electrons. The molecule has 1 saturated heterocycles. The third-order valence-corrected chi connectivity index (χ3v) is 8.16. The lowest BCUT2D eigenvalue weighted by atomic mass is 10.1. The van der Waals surface area contributed by atoms with Crippen molar-refractivity contribution in [2.45, 2.75) is 45.2 Å². The number of esters is 1. The van der Waals surface area contributed by atoms with Crippen LogP contribution in [0, 0.1) is 5.82 Å². The van der Waals surface area contributed by atoms with Crippen molar-refractivity contribution in [1.29, 1.82) is 0 Å². The summed E-state index contributed by atoms with van der Waals surface area (Å²) in [4.78, 5) is 24.2. The van der Waals surface area contributed by atoms with Gasteiger partial charge in [-0.05, 0) is 70.7 Å². The van der Waals surface area contributed by atoms with Gasteiger partial charge in [-0.2, -0.15) is 0 Å². The van der Waals surface area contributed by atoms with Crippen molar-refractivity contribution < 1.29 is 23.4 Å². The van der Waals surface area contributed by atoms with Crippen molar-refractivity contribution in [2.75, 3.05) is 20.3 Å². The zero-order valence-electron chi connectivity index (χ0n) is 21.8. The monoisotopic (exact) mass is 628 g/mol. The highest BCUT2D eigenvalue weighted by molar-refractivity contribution is 9.10. The van der Waals surface area contributed by atoms with Gasteiger partial charge >= 0.3 is 5.97 Å². The summed E-state index contributed by atoms with van der Waals surface area (Å²) in [7, 11) is 1.38. The third kappa shape index (κ3) is 5.58. The number of hydrogen-bond acceptors (Lipinski definition) is 7. The fourth-order valence-electron chi connectivity index (χ4n) is 5.06. The van der Waals surface area contributed by atoms with Crippen LogP contribution in [0.2, 0.25) is 5.02 Å². The number of carbonyl (C=O) groups is 1. The van der Waals surface area contributed by atoms with E-state index in [1.165, 1.54) is 13.2 Å². The van der Waals surface area contributed by atoms with E-state index >= 15 is 0 Å². The summed E-state index contributed by atoms with van der Waals surface area (Å²) in [6.07, 6.45) is 1.95. The Labute approximate surface area is 244 Å². The molecular weight excluding hydrogens is 603 g/mol. The average molecular weight is 630 g/mol. The van der Waals surface area contributed by atoms with E-state index < -0.39 is 5.82 Å². The predicted molar refractivity (Wildman–Crippen MR) is 151 cm³/mol. The zero-order valence-corrected chi connectivity index (χ0v) is 24.2. The van der Waals surface area contributed by atoms with Crippen LogP contribution in [-0.2, 0) is 42.1 Å². The molecule has 0 N–H and O–H groups in total. The molecule has 11 heteroatoms. The van der Waals surface area contributed by atoms with Crippen LogP contribution >= 0.6 is 27.5 Å². The number of carbonyl (C=O) groups excluding carboxylic acids is 1. The lowest BCUT2D eigenvalue weighted by molar-refractivity contribution is -0.0592. The van der Waals surface area contributed by atoms with Gasteiger partial charge in [-0.3, -0.25) is 4.90 Å². The van der Waals surface area contributed by atoms with E-state index in [0.717, 1.165) is 58.6 Å². The van der Waals surface area contributed by atoms with Crippen LogP contribution < -0.4 is 4.74 Å². The first-order valence-corrected chi connectivity index (χ1v) is 14.2. The highest BCUT2D eigenvalue weighted by atomic mass is 79.9. The molecule has 0 spiro atoms. The molecule has 0 unspecified atom stereocenters. The van der Waals surface area contributed by atoms with Crippen molar-refractivity contribution >= 4 is 44.5 Å². The van der Waals surface area contributed by atoms with Crippen molar-refractivity contribution in [3.05, 3.63) is 86.0 Å². The van der Waals surface area contributed by atoms with Gasteiger partial charge in [-0.15, -0.1) is 0 Å². The highest BCUT2D eigenvalue weighted by Gasteiger charge is 2.26. The lowest BCUT2D eigenvalue weighted by Crippen LogP contribution is -2.34. The summed E-state index contributed by atoms with van der Waals surface area (Å²) in [5, 5.41) is 0.340. The summed E-state index contributed by atoms with van der Waals surface area (Å²) >= 11 is 9.43. The van der Waals surface area contributed by atoms with Crippen molar-refractivity contribution in [1.82, 2.24) is 19.4 Å². The molecule has 2 aliphatic heterocycles. The summed E-state index contributed by atoms with van der Waals surface area (Å²) in [5.74, 6) is 0.530. The molecule has 0 amide bonds. The van der Waals surface area contributed by atoms with Crippen LogP contribution in [0.3, 0.4) is 0 Å². The minimum Gasteiger partial charge on any atom is -0.472 e. The molecule has 0 bridgehead atoms. The normalized spacial score (nSPS) is 16.9. The van der Waals surface area contributed by atoms with Crippen LogP contribution in [0.1, 0.15) is 39.4 Å². The van der Waals surface area contributed by atoms with Crippen molar-refractivity contribution in [2.24, 2.45) is 0 Å². The second-order valence-electron chi connectivity index (χ2n) is 9.98. The van der Waals surface area contributed by atoms with Crippen molar-refractivity contribution in [3.63, 3.8) is 0 Å². The van der Waals surface area contributed by atoms with Crippen LogP contribution in [0.15, 0.2) is 46.9 Å². The molecule has 4 heterocycles. The van der Waals surface area contributed by atoms with E-state index in [2.05, 4.69) is 25.4 Å². The van der Waals surface area contributed by atoms with E-state index in [-0.39, 0.29) is 18.7 Å². The molecule has 0 radical (unpaired) electrons. The third-order valence-electron chi connectivity index (χ3n) is 7.36. The first-order chi connectivity index (χ1) is 19.4. The second kappa shape index (κ2) is 11.4. The van der Waals surface area contributed by atoms with Gasteiger partial charge in [0.15, 0.2) is 0 Å². The molecule has 2 aromatic heterocycles. The molecule has 6 rings (SSSR count). The first-order valence-electron chi connectivity index (χ1n) is 13.0. The van der Waals surface area contributed by atoms with Gasteiger partial charge in [-0.1, -0.05) is 17.7 Å². The minimum absolute atomic E-state index is 0.0396. The van der Waals surface area contributed by atoms with E-state index in [9.17, 15) is 9.18 Å². The predicted octanol–water partition coefficient (Wildman–Crippen LogP) is 5.70. The Bertz CT molecular complexity index is 1590. The van der Waals surface area contributed by atoms with Gasteiger partial charge in [0.1, 0.15) is 18.2 Å². The number of benzene rings is 2. The van der Waals surface area contributed by atoms with E-state index in [1.807, 2.05) is 18.2 Å². The van der Waals surface area contributed by atoms with Crippen LogP contribution in [-0.4, -0.2) is 51.8 Å². The topological polar surface area (TPSA) is 78.7 Å². The first kappa shape index (κ1) is 27.1. The number of fused-ring (bicyclic) bond motifs is 2. The van der Waals surface area contributed by atoms with Crippen LogP contribution in [0.25, 0.3) is 11.0 Å². The number of nitrogens with zero attached hydrogens (tertiary/aromatic N) is 4. The number of ether oxygens (including phenoxy) is 3.